The number of rotatable bonds is 2. The molecule has 0 aliphatic carbocycles. The molecule has 0 radical (unpaired) electrons. The minimum atomic E-state index is -4.52. The Hall–Kier alpha value is -1.59. The van der Waals surface area contributed by atoms with Gasteiger partial charge in [0.15, 0.2) is 5.75 Å². The van der Waals surface area contributed by atoms with E-state index in [4.69, 9.17) is 10.5 Å². The van der Waals surface area contributed by atoms with Crippen LogP contribution in [0.25, 0.3) is 0 Å². The van der Waals surface area contributed by atoms with Crippen LogP contribution < -0.4 is 15.2 Å². The van der Waals surface area contributed by atoms with Crippen LogP contribution in [-0.4, -0.2) is 14.2 Å². The maximum absolute atomic E-state index is 12.5. The molecule has 0 spiro atoms. The van der Waals surface area contributed by atoms with Gasteiger partial charge in [-0.25, -0.2) is 0 Å². The highest BCUT2D eigenvalue weighted by molar-refractivity contribution is 5.61. The largest absolute Gasteiger partial charge is 0.497 e. The van der Waals surface area contributed by atoms with Gasteiger partial charge in [0.1, 0.15) is 11.3 Å². The molecule has 1 aromatic carbocycles. The minimum absolute atomic E-state index is 0.0422. The molecule has 3 nitrogen and oxygen atoms in total. The van der Waals surface area contributed by atoms with Crippen LogP contribution in [0.4, 0.5) is 18.9 Å². The first-order valence-electron chi connectivity index (χ1n) is 3.99. The van der Waals surface area contributed by atoms with Crippen molar-refractivity contribution in [3.05, 3.63) is 17.7 Å². The Morgan fingerprint density at radius 1 is 1.13 bits per heavy atom. The smallest absolute Gasteiger partial charge is 0.420 e. The molecule has 0 aliphatic heterocycles. The fourth-order valence-corrected chi connectivity index (χ4v) is 1.18. The van der Waals surface area contributed by atoms with Crippen molar-refractivity contribution in [1.82, 2.24) is 0 Å². The van der Waals surface area contributed by atoms with E-state index in [1.165, 1.54) is 13.2 Å². The lowest BCUT2D eigenvalue weighted by Gasteiger charge is -2.15. The lowest BCUT2D eigenvalue weighted by Crippen LogP contribution is -2.09. The predicted octanol–water partition coefficient (Wildman–Crippen LogP) is 2.30. The van der Waals surface area contributed by atoms with Gasteiger partial charge in [-0.1, -0.05) is 0 Å². The van der Waals surface area contributed by atoms with Crippen LogP contribution in [0.1, 0.15) is 5.56 Å². The minimum Gasteiger partial charge on any atom is -0.497 e. The average Bonchev–Trinajstić information content (AvgIpc) is 2.15. The maximum Gasteiger partial charge on any atom is 0.420 e. The molecule has 1 aromatic rings. The molecule has 2 N–H and O–H groups in total. The van der Waals surface area contributed by atoms with Gasteiger partial charge in [-0.3, -0.25) is 0 Å². The normalized spacial score (nSPS) is 11.3. The van der Waals surface area contributed by atoms with Crippen LogP contribution in [0.5, 0.6) is 11.5 Å². The third-order valence-electron chi connectivity index (χ3n) is 1.84. The summed E-state index contributed by atoms with van der Waals surface area (Å²) in [5.74, 6) is -0.344. The number of nitrogen functional groups attached to an aromatic ring is 1. The van der Waals surface area contributed by atoms with Crippen LogP contribution in [0.2, 0.25) is 0 Å². The Bertz CT molecular complexity index is 363. The topological polar surface area (TPSA) is 44.5 Å². The van der Waals surface area contributed by atoms with Crippen molar-refractivity contribution in [3.63, 3.8) is 0 Å². The number of hydrogen-bond acceptors (Lipinski definition) is 3. The zero-order valence-corrected chi connectivity index (χ0v) is 8.18. The Balaban J connectivity index is 3.39. The first-order chi connectivity index (χ1) is 6.90. The summed E-state index contributed by atoms with van der Waals surface area (Å²) in [7, 11) is 2.40. The van der Waals surface area contributed by atoms with Gasteiger partial charge < -0.3 is 15.2 Å². The van der Waals surface area contributed by atoms with E-state index < -0.39 is 11.7 Å². The van der Waals surface area contributed by atoms with Crippen molar-refractivity contribution in [3.8, 4) is 11.5 Å². The summed E-state index contributed by atoms with van der Waals surface area (Å²) in [6.07, 6.45) is -4.52. The van der Waals surface area contributed by atoms with E-state index in [0.717, 1.165) is 13.2 Å². The van der Waals surface area contributed by atoms with Crippen molar-refractivity contribution in [2.75, 3.05) is 20.0 Å². The highest BCUT2D eigenvalue weighted by atomic mass is 19.4. The summed E-state index contributed by atoms with van der Waals surface area (Å²) in [4.78, 5) is 0. The molecule has 0 saturated carbocycles. The van der Waals surface area contributed by atoms with Gasteiger partial charge in [0.05, 0.1) is 19.9 Å². The summed E-state index contributed by atoms with van der Waals surface area (Å²) >= 11 is 0. The Morgan fingerprint density at radius 3 is 2.13 bits per heavy atom. The monoisotopic (exact) mass is 221 g/mol. The van der Waals surface area contributed by atoms with E-state index >= 15 is 0 Å². The molecule has 0 heterocycles. The second-order valence-electron chi connectivity index (χ2n) is 2.80. The predicted molar refractivity (Wildman–Crippen MR) is 49.0 cm³/mol. The van der Waals surface area contributed by atoms with Crippen LogP contribution in [0, 0.1) is 0 Å². The molecule has 0 atom stereocenters. The van der Waals surface area contributed by atoms with Gasteiger partial charge in [0.25, 0.3) is 0 Å². The molecular formula is C9H10F3NO2. The summed E-state index contributed by atoms with van der Waals surface area (Å²) in [6, 6.07) is 2.11. The average molecular weight is 221 g/mol. The van der Waals surface area contributed by atoms with Crippen molar-refractivity contribution in [1.29, 1.82) is 0 Å². The van der Waals surface area contributed by atoms with Gasteiger partial charge in [-0.05, 0) is 6.07 Å². The lowest BCUT2D eigenvalue weighted by molar-refractivity contribution is -0.138. The quantitative estimate of drug-likeness (QED) is 0.779. The van der Waals surface area contributed by atoms with Crippen LogP contribution in [0.15, 0.2) is 12.1 Å². The van der Waals surface area contributed by atoms with E-state index in [-0.39, 0.29) is 17.2 Å². The van der Waals surface area contributed by atoms with Gasteiger partial charge in [-0.15, -0.1) is 0 Å². The van der Waals surface area contributed by atoms with Gasteiger partial charge in [0.2, 0.25) is 0 Å². The molecule has 15 heavy (non-hydrogen) atoms. The fraction of sp³-hybridized carbons (Fsp3) is 0.333. The standard InChI is InChI=1S/C9H10F3NO2/c1-14-5-3-6(9(10,11)12)8(15-2)7(13)4-5/h3-4H,13H2,1-2H3. The molecule has 0 amide bonds. The Kier molecular flexibility index (Phi) is 2.97. The van der Waals surface area contributed by atoms with Gasteiger partial charge in [-0.2, -0.15) is 13.2 Å². The third-order valence-corrected chi connectivity index (χ3v) is 1.84. The second kappa shape index (κ2) is 3.88. The highest BCUT2D eigenvalue weighted by Crippen LogP contribution is 2.41. The molecule has 0 unspecified atom stereocenters. The molecule has 0 aliphatic rings. The number of methoxy groups -OCH3 is 2. The fourth-order valence-electron chi connectivity index (χ4n) is 1.18. The van der Waals surface area contributed by atoms with Crippen molar-refractivity contribution < 1.29 is 22.6 Å². The Morgan fingerprint density at radius 2 is 1.73 bits per heavy atom. The number of anilines is 1. The highest BCUT2D eigenvalue weighted by Gasteiger charge is 2.35. The van der Waals surface area contributed by atoms with E-state index in [9.17, 15) is 13.2 Å². The molecule has 0 aromatic heterocycles. The van der Waals surface area contributed by atoms with Gasteiger partial charge >= 0.3 is 6.18 Å². The SMILES string of the molecule is COc1cc(N)c(OC)c(C(F)(F)F)c1. The first kappa shape index (κ1) is 11.5. The number of alkyl halides is 3. The number of halogens is 3. The molecule has 1 rings (SSSR count). The molecule has 6 heteroatoms. The van der Waals surface area contributed by atoms with Crippen LogP contribution in [-0.2, 0) is 6.18 Å². The summed E-state index contributed by atoms with van der Waals surface area (Å²) in [5.41, 5.74) is 4.35. The van der Waals surface area contributed by atoms with Crippen LogP contribution in [0.3, 0.4) is 0 Å². The van der Waals surface area contributed by atoms with Crippen LogP contribution >= 0.6 is 0 Å². The molecule has 0 bridgehead atoms. The summed E-state index contributed by atoms with van der Waals surface area (Å²) in [5, 5.41) is 0. The molecule has 84 valence electrons. The zero-order valence-electron chi connectivity index (χ0n) is 8.18. The third kappa shape index (κ3) is 2.26. The number of ether oxygens (including phenoxy) is 2. The van der Waals surface area contributed by atoms with Gasteiger partial charge in [0, 0.05) is 6.07 Å². The number of benzene rings is 1. The first-order valence-corrected chi connectivity index (χ1v) is 3.99. The number of nitrogens with two attached hydrogens (primary N) is 1. The van der Waals surface area contributed by atoms with Crippen molar-refractivity contribution in [2.24, 2.45) is 0 Å². The van der Waals surface area contributed by atoms with Crippen molar-refractivity contribution in [2.45, 2.75) is 6.18 Å². The zero-order chi connectivity index (χ0) is 11.6. The molecular weight excluding hydrogens is 211 g/mol. The lowest BCUT2D eigenvalue weighted by atomic mass is 10.1. The Labute approximate surface area is 84.6 Å². The van der Waals surface area contributed by atoms with E-state index in [1.807, 2.05) is 0 Å². The maximum atomic E-state index is 12.5. The molecule has 0 fully saturated rings. The van der Waals surface area contributed by atoms with Crippen molar-refractivity contribution >= 4 is 5.69 Å². The number of hydrogen-bond donors (Lipinski definition) is 1. The second-order valence-corrected chi connectivity index (χ2v) is 2.80. The summed E-state index contributed by atoms with van der Waals surface area (Å²) in [6.45, 7) is 0. The van der Waals surface area contributed by atoms with E-state index in [2.05, 4.69) is 4.74 Å². The van der Waals surface area contributed by atoms with E-state index in [1.54, 1.807) is 0 Å². The van der Waals surface area contributed by atoms with E-state index in [0.29, 0.717) is 0 Å². The molecule has 0 saturated heterocycles. The summed E-state index contributed by atoms with van der Waals surface area (Å²) < 4.78 is 46.9.